The van der Waals surface area contributed by atoms with Crippen LogP contribution in [0, 0.1) is 0 Å². The number of nitrogens with zero attached hydrogens (tertiary/aromatic N) is 3. The van der Waals surface area contributed by atoms with E-state index in [1.807, 2.05) is 0 Å². The van der Waals surface area contributed by atoms with Crippen LogP contribution in [0.5, 0.6) is 0 Å². The quantitative estimate of drug-likeness (QED) is 0.721. The molecular weight excluding hydrogens is 399 g/mol. The first kappa shape index (κ1) is 16.2. The summed E-state index contributed by atoms with van der Waals surface area (Å²) in [5.74, 6) is -0.0628. The van der Waals surface area contributed by atoms with Crippen LogP contribution in [0.1, 0.15) is 5.56 Å². The number of alkyl halides is 3. The fourth-order valence-electron chi connectivity index (χ4n) is 1.63. The molecule has 0 bridgehead atoms. The van der Waals surface area contributed by atoms with Gasteiger partial charge in [-0.25, -0.2) is 8.42 Å². The molecule has 0 unspecified atom stereocenters. The molecule has 0 aliphatic carbocycles. The fourth-order valence-corrected chi connectivity index (χ4v) is 3.01. The minimum atomic E-state index is -4.53. The number of aromatic nitrogens is 3. The van der Waals surface area contributed by atoms with Gasteiger partial charge in [0.05, 0.1) is 5.56 Å². The standard InChI is InChI=1S/C10H6BrClF3N3O2S/c1-18-8(16-17-9(18)21(12,19)20)6-4-5(10(13,14)15)2-3-7(6)11/h2-4H,1H3. The van der Waals surface area contributed by atoms with Crippen LogP contribution in [0.15, 0.2) is 27.8 Å². The maximum absolute atomic E-state index is 12.7. The fraction of sp³-hybridized carbons (Fsp3) is 0.200. The van der Waals surface area contributed by atoms with Gasteiger partial charge in [-0.1, -0.05) is 15.9 Å². The molecule has 0 radical (unpaired) electrons. The molecule has 2 rings (SSSR count). The average Bonchev–Trinajstić information content (AvgIpc) is 2.70. The second kappa shape index (κ2) is 5.25. The Morgan fingerprint density at radius 2 is 1.90 bits per heavy atom. The van der Waals surface area contributed by atoms with Crippen molar-refractivity contribution in [2.75, 3.05) is 0 Å². The van der Waals surface area contributed by atoms with E-state index in [2.05, 4.69) is 26.1 Å². The van der Waals surface area contributed by atoms with Gasteiger partial charge in [0.25, 0.3) is 14.2 Å². The molecule has 0 spiro atoms. The van der Waals surface area contributed by atoms with E-state index in [1.165, 1.54) is 13.1 Å². The highest BCUT2D eigenvalue weighted by Gasteiger charge is 2.32. The molecule has 1 heterocycles. The molecule has 2 aromatic rings. The van der Waals surface area contributed by atoms with Crippen LogP contribution >= 0.6 is 26.6 Å². The van der Waals surface area contributed by atoms with Gasteiger partial charge in [0.15, 0.2) is 5.82 Å². The van der Waals surface area contributed by atoms with E-state index in [4.69, 9.17) is 10.7 Å². The SMILES string of the molecule is Cn1c(-c2cc(C(F)(F)F)ccc2Br)nnc1S(=O)(=O)Cl. The molecule has 0 saturated carbocycles. The summed E-state index contributed by atoms with van der Waals surface area (Å²) >= 11 is 3.10. The number of halogens is 5. The monoisotopic (exact) mass is 403 g/mol. The van der Waals surface area contributed by atoms with Crippen molar-refractivity contribution < 1.29 is 21.6 Å². The maximum atomic E-state index is 12.7. The second-order valence-electron chi connectivity index (χ2n) is 4.00. The highest BCUT2D eigenvalue weighted by Crippen LogP contribution is 2.35. The third-order valence-electron chi connectivity index (χ3n) is 2.59. The third-order valence-corrected chi connectivity index (χ3v) is 4.48. The largest absolute Gasteiger partial charge is 0.416 e. The van der Waals surface area contributed by atoms with Crippen LogP contribution in [0.25, 0.3) is 11.4 Å². The Balaban J connectivity index is 2.66. The van der Waals surface area contributed by atoms with Crippen LogP contribution in [-0.4, -0.2) is 23.2 Å². The molecule has 0 aliphatic rings. The molecule has 11 heteroatoms. The number of rotatable bonds is 2. The molecule has 5 nitrogen and oxygen atoms in total. The first-order chi connectivity index (χ1) is 9.51. The summed E-state index contributed by atoms with van der Waals surface area (Å²) < 4.78 is 62.0. The molecule has 0 aliphatic heterocycles. The van der Waals surface area contributed by atoms with Crippen molar-refractivity contribution in [1.82, 2.24) is 14.8 Å². The Kier molecular flexibility index (Phi) is 4.06. The molecule has 0 atom stereocenters. The van der Waals surface area contributed by atoms with Gasteiger partial charge in [-0.15, -0.1) is 10.2 Å². The van der Waals surface area contributed by atoms with Crippen molar-refractivity contribution in [1.29, 1.82) is 0 Å². The van der Waals surface area contributed by atoms with E-state index in [0.29, 0.717) is 4.47 Å². The van der Waals surface area contributed by atoms with Gasteiger partial charge in [0.2, 0.25) is 0 Å². The summed E-state index contributed by atoms with van der Waals surface area (Å²) in [5.41, 5.74) is -0.842. The van der Waals surface area contributed by atoms with Crippen molar-refractivity contribution in [2.24, 2.45) is 7.05 Å². The minimum absolute atomic E-state index is 0.0476. The van der Waals surface area contributed by atoms with Crippen molar-refractivity contribution in [2.45, 2.75) is 11.3 Å². The first-order valence-corrected chi connectivity index (χ1v) is 8.33. The highest BCUT2D eigenvalue weighted by molar-refractivity contribution is 9.10. The molecule has 0 amide bonds. The lowest BCUT2D eigenvalue weighted by atomic mass is 10.1. The van der Waals surface area contributed by atoms with Crippen molar-refractivity contribution in [3.8, 4) is 11.4 Å². The molecule has 1 aromatic carbocycles. The summed E-state index contributed by atoms with van der Waals surface area (Å²) in [7, 11) is 2.31. The van der Waals surface area contributed by atoms with E-state index >= 15 is 0 Å². The number of hydrogen-bond donors (Lipinski definition) is 0. The van der Waals surface area contributed by atoms with Crippen LogP contribution in [0.2, 0.25) is 0 Å². The topological polar surface area (TPSA) is 64.8 Å². The van der Waals surface area contributed by atoms with Crippen molar-refractivity contribution in [3.63, 3.8) is 0 Å². The predicted octanol–water partition coefficient (Wildman–Crippen LogP) is 3.19. The maximum Gasteiger partial charge on any atom is 0.416 e. The van der Waals surface area contributed by atoms with E-state index in [1.54, 1.807) is 0 Å². The molecule has 114 valence electrons. The Morgan fingerprint density at radius 3 is 2.38 bits per heavy atom. The average molecular weight is 405 g/mol. The van der Waals surface area contributed by atoms with Gasteiger partial charge < -0.3 is 0 Å². The van der Waals surface area contributed by atoms with Crippen molar-refractivity contribution >= 4 is 35.7 Å². The lowest BCUT2D eigenvalue weighted by Crippen LogP contribution is -2.06. The lowest BCUT2D eigenvalue weighted by molar-refractivity contribution is -0.137. The van der Waals surface area contributed by atoms with Gasteiger partial charge in [-0.3, -0.25) is 4.57 Å². The second-order valence-corrected chi connectivity index (χ2v) is 7.31. The summed E-state index contributed by atoms with van der Waals surface area (Å²) in [6.45, 7) is 0. The molecular formula is C10H6BrClF3N3O2S. The molecule has 0 saturated heterocycles. The zero-order valence-corrected chi connectivity index (χ0v) is 13.3. The summed E-state index contributed by atoms with van der Waals surface area (Å²) in [4.78, 5) is 0. The number of hydrogen-bond acceptors (Lipinski definition) is 4. The Hall–Kier alpha value is -1.13. The van der Waals surface area contributed by atoms with Crippen LogP contribution in [0.4, 0.5) is 13.2 Å². The minimum Gasteiger partial charge on any atom is -0.300 e. The van der Waals surface area contributed by atoms with E-state index < -0.39 is 25.9 Å². The zero-order valence-electron chi connectivity index (χ0n) is 10.2. The highest BCUT2D eigenvalue weighted by atomic mass is 79.9. The van der Waals surface area contributed by atoms with Gasteiger partial charge in [-0.2, -0.15) is 13.2 Å². The number of benzene rings is 1. The summed E-state index contributed by atoms with van der Waals surface area (Å²) in [6, 6.07) is 2.93. The summed E-state index contributed by atoms with van der Waals surface area (Å²) in [6.07, 6.45) is -4.53. The van der Waals surface area contributed by atoms with Crippen LogP contribution in [0.3, 0.4) is 0 Å². The molecule has 0 fully saturated rings. The molecule has 1 aromatic heterocycles. The van der Waals surface area contributed by atoms with Gasteiger partial charge in [-0.05, 0) is 18.2 Å². The molecule has 0 N–H and O–H groups in total. The van der Waals surface area contributed by atoms with E-state index in [9.17, 15) is 21.6 Å². The van der Waals surface area contributed by atoms with E-state index in [0.717, 1.165) is 16.7 Å². The normalized spacial score (nSPS) is 12.7. The van der Waals surface area contributed by atoms with Crippen LogP contribution in [-0.2, 0) is 22.3 Å². The molecule has 21 heavy (non-hydrogen) atoms. The Morgan fingerprint density at radius 1 is 1.29 bits per heavy atom. The van der Waals surface area contributed by atoms with Crippen LogP contribution < -0.4 is 0 Å². The Labute approximate surface area is 130 Å². The first-order valence-electron chi connectivity index (χ1n) is 5.23. The summed E-state index contributed by atoms with van der Waals surface area (Å²) in [5, 5.41) is 6.42. The third kappa shape index (κ3) is 3.22. The smallest absolute Gasteiger partial charge is 0.300 e. The zero-order chi connectivity index (χ0) is 16.0. The Bertz CT molecular complexity index is 804. The van der Waals surface area contributed by atoms with E-state index in [-0.39, 0.29) is 11.4 Å². The van der Waals surface area contributed by atoms with Gasteiger partial charge in [0, 0.05) is 27.8 Å². The van der Waals surface area contributed by atoms with Gasteiger partial charge in [0.1, 0.15) is 0 Å². The lowest BCUT2D eigenvalue weighted by Gasteiger charge is -2.10. The van der Waals surface area contributed by atoms with Gasteiger partial charge >= 0.3 is 6.18 Å². The predicted molar refractivity (Wildman–Crippen MR) is 72.2 cm³/mol. The van der Waals surface area contributed by atoms with Crippen molar-refractivity contribution in [3.05, 3.63) is 28.2 Å².